The van der Waals surface area contributed by atoms with E-state index in [2.05, 4.69) is 16.3 Å². The molecule has 0 aromatic heterocycles. The van der Waals surface area contributed by atoms with Gasteiger partial charge in [0.05, 0.1) is 14.2 Å². The maximum Gasteiger partial charge on any atom is 0.122 e. The van der Waals surface area contributed by atoms with Crippen LogP contribution in [-0.2, 0) is 6.42 Å². The Morgan fingerprint density at radius 3 is 2.84 bits per heavy atom. The Kier molecular flexibility index (Phi) is 5.48. The molecule has 1 heterocycles. The molecule has 0 amide bonds. The van der Waals surface area contributed by atoms with Crippen molar-refractivity contribution in [2.24, 2.45) is 0 Å². The molecule has 0 radical (unpaired) electrons. The monoisotopic (exact) mass is 264 g/mol. The zero-order chi connectivity index (χ0) is 13.5. The van der Waals surface area contributed by atoms with Gasteiger partial charge in [-0.15, -0.1) is 0 Å². The smallest absolute Gasteiger partial charge is 0.122 e. The lowest BCUT2D eigenvalue weighted by atomic mass is 10.1. The minimum Gasteiger partial charge on any atom is -0.497 e. The van der Waals surface area contributed by atoms with Crippen LogP contribution in [0.1, 0.15) is 12.0 Å². The normalized spacial score (nSPS) is 16.9. The standard InChI is InChI=1S/C15H24N2O2/c1-18-14-4-5-15(19-2)13(12-14)6-10-17-9-3-7-16-8-11-17/h4-5,12,16H,3,6-11H2,1-2H3. The van der Waals surface area contributed by atoms with Crippen molar-refractivity contribution < 1.29 is 9.47 Å². The number of nitrogens with one attached hydrogen (secondary N) is 1. The van der Waals surface area contributed by atoms with E-state index in [1.165, 1.54) is 18.5 Å². The second-order valence-corrected chi connectivity index (χ2v) is 4.87. The molecule has 2 rings (SSSR count). The summed E-state index contributed by atoms with van der Waals surface area (Å²) in [6, 6.07) is 6.01. The van der Waals surface area contributed by atoms with Crippen LogP contribution in [0.5, 0.6) is 11.5 Å². The van der Waals surface area contributed by atoms with Gasteiger partial charge >= 0.3 is 0 Å². The Morgan fingerprint density at radius 1 is 1.16 bits per heavy atom. The molecule has 106 valence electrons. The molecule has 1 aliphatic heterocycles. The first-order valence-electron chi connectivity index (χ1n) is 6.97. The van der Waals surface area contributed by atoms with Crippen LogP contribution in [0.25, 0.3) is 0 Å². The lowest BCUT2D eigenvalue weighted by Gasteiger charge is -2.20. The van der Waals surface area contributed by atoms with Crippen molar-refractivity contribution in [1.29, 1.82) is 0 Å². The highest BCUT2D eigenvalue weighted by Gasteiger charge is 2.10. The van der Waals surface area contributed by atoms with Crippen molar-refractivity contribution in [3.05, 3.63) is 23.8 Å². The van der Waals surface area contributed by atoms with Crippen LogP contribution in [0.4, 0.5) is 0 Å². The summed E-state index contributed by atoms with van der Waals surface area (Å²) in [6.45, 7) is 5.62. The van der Waals surface area contributed by atoms with E-state index in [4.69, 9.17) is 9.47 Å². The molecule has 0 aliphatic carbocycles. The van der Waals surface area contributed by atoms with E-state index in [0.29, 0.717) is 0 Å². The van der Waals surface area contributed by atoms with E-state index in [1.54, 1.807) is 14.2 Å². The topological polar surface area (TPSA) is 33.7 Å². The summed E-state index contributed by atoms with van der Waals surface area (Å²) in [5, 5.41) is 3.43. The van der Waals surface area contributed by atoms with Gasteiger partial charge in [-0.25, -0.2) is 0 Å². The highest BCUT2D eigenvalue weighted by Crippen LogP contribution is 2.24. The molecular formula is C15H24N2O2. The number of methoxy groups -OCH3 is 2. The molecule has 1 aliphatic rings. The van der Waals surface area contributed by atoms with Gasteiger partial charge in [0.15, 0.2) is 0 Å². The zero-order valence-corrected chi connectivity index (χ0v) is 11.9. The predicted molar refractivity (Wildman–Crippen MR) is 77.2 cm³/mol. The maximum atomic E-state index is 5.42. The number of nitrogens with zero attached hydrogens (tertiary/aromatic N) is 1. The number of benzene rings is 1. The first-order chi connectivity index (χ1) is 9.33. The minimum absolute atomic E-state index is 0.897. The molecule has 1 aromatic carbocycles. The quantitative estimate of drug-likeness (QED) is 0.875. The largest absolute Gasteiger partial charge is 0.497 e. The van der Waals surface area contributed by atoms with Crippen LogP contribution in [0.2, 0.25) is 0 Å². The number of hydrogen-bond acceptors (Lipinski definition) is 4. The van der Waals surface area contributed by atoms with Gasteiger partial charge in [0.1, 0.15) is 11.5 Å². The fraction of sp³-hybridized carbons (Fsp3) is 0.600. The summed E-state index contributed by atoms with van der Waals surface area (Å²) < 4.78 is 10.7. The lowest BCUT2D eigenvalue weighted by molar-refractivity contribution is 0.294. The summed E-state index contributed by atoms with van der Waals surface area (Å²) in [5.41, 5.74) is 1.22. The average molecular weight is 264 g/mol. The average Bonchev–Trinajstić information content (AvgIpc) is 2.73. The van der Waals surface area contributed by atoms with E-state index in [-0.39, 0.29) is 0 Å². The molecule has 19 heavy (non-hydrogen) atoms. The summed E-state index contributed by atoms with van der Waals surface area (Å²) in [4.78, 5) is 2.51. The highest BCUT2D eigenvalue weighted by atomic mass is 16.5. The molecule has 0 unspecified atom stereocenters. The Labute approximate surface area is 115 Å². The molecule has 0 saturated carbocycles. The summed E-state index contributed by atoms with van der Waals surface area (Å²) in [7, 11) is 3.42. The molecule has 1 fully saturated rings. The molecule has 1 aromatic rings. The van der Waals surface area contributed by atoms with Gasteiger partial charge in [0, 0.05) is 19.6 Å². The zero-order valence-electron chi connectivity index (χ0n) is 11.9. The Hall–Kier alpha value is -1.26. The van der Waals surface area contributed by atoms with Crippen LogP contribution in [0.15, 0.2) is 18.2 Å². The molecule has 0 spiro atoms. The Morgan fingerprint density at radius 2 is 2.05 bits per heavy atom. The van der Waals surface area contributed by atoms with Gasteiger partial charge in [-0.05, 0) is 49.7 Å². The third-order valence-corrected chi connectivity index (χ3v) is 3.62. The molecule has 1 N–H and O–H groups in total. The van der Waals surface area contributed by atoms with Crippen molar-refractivity contribution in [2.75, 3.05) is 46.9 Å². The van der Waals surface area contributed by atoms with E-state index in [1.807, 2.05) is 12.1 Å². The number of rotatable bonds is 5. The maximum absolute atomic E-state index is 5.42. The van der Waals surface area contributed by atoms with E-state index in [0.717, 1.165) is 44.1 Å². The first-order valence-corrected chi connectivity index (χ1v) is 6.97. The molecule has 4 nitrogen and oxygen atoms in total. The van der Waals surface area contributed by atoms with E-state index in [9.17, 15) is 0 Å². The van der Waals surface area contributed by atoms with Gasteiger partial charge in [-0.1, -0.05) is 0 Å². The minimum atomic E-state index is 0.897. The third-order valence-electron chi connectivity index (χ3n) is 3.62. The third kappa shape index (κ3) is 4.11. The van der Waals surface area contributed by atoms with Gasteiger partial charge in [-0.2, -0.15) is 0 Å². The van der Waals surface area contributed by atoms with Gasteiger partial charge in [0.2, 0.25) is 0 Å². The van der Waals surface area contributed by atoms with Crippen molar-refractivity contribution in [1.82, 2.24) is 10.2 Å². The van der Waals surface area contributed by atoms with Crippen LogP contribution in [0.3, 0.4) is 0 Å². The summed E-state index contributed by atoms with van der Waals surface area (Å²) in [6.07, 6.45) is 2.23. The molecular weight excluding hydrogens is 240 g/mol. The van der Waals surface area contributed by atoms with Crippen LogP contribution < -0.4 is 14.8 Å². The van der Waals surface area contributed by atoms with Crippen LogP contribution in [-0.4, -0.2) is 51.8 Å². The first kappa shape index (κ1) is 14.2. The second kappa shape index (κ2) is 7.36. The van der Waals surface area contributed by atoms with Gasteiger partial charge in [-0.3, -0.25) is 0 Å². The number of ether oxygens (including phenoxy) is 2. The summed E-state index contributed by atoms with van der Waals surface area (Å²) in [5.74, 6) is 1.85. The lowest BCUT2D eigenvalue weighted by Crippen LogP contribution is -2.30. The van der Waals surface area contributed by atoms with Crippen molar-refractivity contribution >= 4 is 0 Å². The molecule has 1 saturated heterocycles. The van der Waals surface area contributed by atoms with E-state index >= 15 is 0 Å². The number of hydrogen-bond donors (Lipinski definition) is 1. The fourth-order valence-electron chi connectivity index (χ4n) is 2.48. The predicted octanol–water partition coefficient (Wildman–Crippen LogP) is 1.54. The Bertz CT molecular complexity index is 388. The SMILES string of the molecule is COc1ccc(OC)c(CCN2CCCNCC2)c1. The Balaban J connectivity index is 1.96. The van der Waals surface area contributed by atoms with Crippen LogP contribution in [0, 0.1) is 0 Å². The summed E-state index contributed by atoms with van der Waals surface area (Å²) >= 11 is 0. The van der Waals surface area contributed by atoms with Gasteiger partial charge < -0.3 is 19.7 Å². The van der Waals surface area contributed by atoms with Crippen molar-refractivity contribution in [3.8, 4) is 11.5 Å². The van der Waals surface area contributed by atoms with E-state index < -0.39 is 0 Å². The molecule has 0 bridgehead atoms. The molecule has 4 heteroatoms. The molecule has 0 atom stereocenters. The second-order valence-electron chi connectivity index (χ2n) is 4.87. The fourth-order valence-corrected chi connectivity index (χ4v) is 2.48. The van der Waals surface area contributed by atoms with Crippen molar-refractivity contribution in [3.63, 3.8) is 0 Å². The van der Waals surface area contributed by atoms with Crippen LogP contribution >= 0.6 is 0 Å². The highest BCUT2D eigenvalue weighted by molar-refractivity contribution is 5.40. The van der Waals surface area contributed by atoms with Gasteiger partial charge in [0.25, 0.3) is 0 Å². The van der Waals surface area contributed by atoms with Crippen molar-refractivity contribution in [2.45, 2.75) is 12.8 Å².